The van der Waals surface area contributed by atoms with E-state index in [1.54, 1.807) is 0 Å². The number of hydrogen-bond acceptors (Lipinski definition) is 0. The Morgan fingerprint density at radius 3 is 2.64 bits per heavy atom. The van der Waals surface area contributed by atoms with Gasteiger partial charge in [-0.05, 0) is 46.6 Å². The van der Waals surface area contributed by atoms with Gasteiger partial charge in [0.05, 0.1) is 0 Å². The summed E-state index contributed by atoms with van der Waals surface area (Å²) in [6.07, 6.45) is 10.0. The molecule has 0 heterocycles. The maximum atomic E-state index is 2.36. The van der Waals surface area contributed by atoms with Crippen molar-refractivity contribution in [2.24, 2.45) is 5.92 Å². The third-order valence-electron chi connectivity index (χ3n) is 1.77. The molecule has 11 heavy (non-hydrogen) atoms. The Balaban J connectivity index is 2.74. The standard InChI is InChI=1S/C10H13I/c1-8(2)9-4-3-5-10(11)7-6-9/h4-8H,3H2,1-2H3. The van der Waals surface area contributed by atoms with Crippen LogP contribution in [0.15, 0.2) is 33.5 Å². The first-order valence-corrected chi connectivity index (χ1v) is 5.02. The van der Waals surface area contributed by atoms with E-state index in [1.807, 2.05) is 0 Å². The second kappa shape index (κ2) is 4.10. The van der Waals surface area contributed by atoms with Gasteiger partial charge in [-0.1, -0.05) is 32.1 Å². The fourth-order valence-corrected chi connectivity index (χ4v) is 1.48. The number of hydrogen-bond donors (Lipinski definition) is 0. The predicted molar refractivity (Wildman–Crippen MR) is 58.8 cm³/mol. The Bertz CT molecular complexity index is 219. The van der Waals surface area contributed by atoms with Crippen molar-refractivity contribution in [2.75, 3.05) is 0 Å². The summed E-state index contributed by atoms with van der Waals surface area (Å²) in [6, 6.07) is 0. The molecule has 0 aromatic heterocycles. The van der Waals surface area contributed by atoms with Gasteiger partial charge in [-0.3, -0.25) is 0 Å². The highest BCUT2D eigenvalue weighted by atomic mass is 127. The van der Waals surface area contributed by atoms with Gasteiger partial charge >= 0.3 is 0 Å². The van der Waals surface area contributed by atoms with Crippen molar-refractivity contribution in [2.45, 2.75) is 20.3 Å². The van der Waals surface area contributed by atoms with E-state index in [1.165, 1.54) is 9.15 Å². The second-order valence-electron chi connectivity index (χ2n) is 3.02. The van der Waals surface area contributed by atoms with E-state index >= 15 is 0 Å². The van der Waals surface area contributed by atoms with E-state index in [0.717, 1.165) is 6.42 Å². The van der Waals surface area contributed by atoms with E-state index in [0.29, 0.717) is 5.92 Å². The molecule has 1 aliphatic rings. The lowest BCUT2D eigenvalue weighted by atomic mass is 10.0. The lowest BCUT2D eigenvalue weighted by Crippen LogP contribution is -1.88. The number of allylic oxidation sites excluding steroid dienone is 6. The summed E-state index contributed by atoms with van der Waals surface area (Å²) in [4.78, 5) is 0. The summed E-state index contributed by atoms with van der Waals surface area (Å²) in [7, 11) is 0. The SMILES string of the molecule is CC(C)C1=CCC=C(I)C=C1. The Morgan fingerprint density at radius 1 is 1.27 bits per heavy atom. The molecule has 0 bridgehead atoms. The lowest BCUT2D eigenvalue weighted by molar-refractivity contribution is 0.788. The minimum atomic E-state index is 0.655. The first kappa shape index (κ1) is 9.04. The van der Waals surface area contributed by atoms with Gasteiger partial charge in [0, 0.05) is 3.58 Å². The molecule has 0 atom stereocenters. The number of halogens is 1. The molecule has 1 rings (SSSR count). The Kier molecular flexibility index (Phi) is 3.37. The maximum absolute atomic E-state index is 2.36. The summed E-state index contributed by atoms with van der Waals surface area (Å²) in [5.41, 5.74) is 1.45. The molecule has 0 fully saturated rings. The molecule has 0 spiro atoms. The highest BCUT2D eigenvalue weighted by Crippen LogP contribution is 2.19. The van der Waals surface area contributed by atoms with Gasteiger partial charge in [-0.15, -0.1) is 0 Å². The van der Waals surface area contributed by atoms with Crippen molar-refractivity contribution in [3.63, 3.8) is 0 Å². The molecular weight excluding hydrogens is 247 g/mol. The Hall–Kier alpha value is -0.0500. The van der Waals surface area contributed by atoms with Crippen LogP contribution >= 0.6 is 22.6 Å². The smallest absolute Gasteiger partial charge is 0.00931 e. The van der Waals surface area contributed by atoms with Crippen molar-refractivity contribution >= 4 is 22.6 Å². The maximum Gasteiger partial charge on any atom is 0.00931 e. The molecule has 0 N–H and O–H groups in total. The average molecular weight is 260 g/mol. The first-order chi connectivity index (χ1) is 5.20. The van der Waals surface area contributed by atoms with Crippen LogP contribution in [0.4, 0.5) is 0 Å². The third-order valence-corrected chi connectivity index (χ3v) is 2.57. The third kappa shape index (κ3) is 2.81. The zero-order valence-corrected chi connectivity index (χ0v) is 9.13. The molecular formula is C10H13I. The highest BCUT2D eigenvalue weighted by molar-refractivity contribution is 14.1. The molecule has 0 unspecified atom stereocenters. The average Bonchev–Trinajstić information content (AvgIpc) is 2.13. The quantitative estimate of drug-likeness (QED) is 0.628. The van der Waals surface area contributed by atoms with Gasteiger partial charge in [0.25, 0.3) is 0 Å². The predicted octanol–water partition coefficient (Wildman–Crippen LogP) is 3.85. The van der Waals surface area contributed by atoms with E-state index in [-0.39, 0.29) is 0 Å². The van der Waals surface area contributed by atoms with E-state index in [9.17, 15) is 0 Å². The molecule has 0 saturated heterocycles. The zero-order chi connectivity index (χ0) is 8.27. The summed E-state index contributed by atoms with van der Waals surface area (Å²) in [5.74, 6) is 0.655. The van der Waals surface area contributed by atoms with Crippen molar-refractivity contribution in [3.05, 3.63) is 33.5 Å². The van der Waals surface area contributed by atoms with E-state index in [2.05, 4.69) is 60.7 Å². The zero-order valence-electron chi connectivity index (χ0n) is 6.97. The van der Waals surface area contributed by atoms with Crippen LogP contribution in [0, 0.1) is 5.92 Å². The highest BCUT2D eigenvalue weighted by Gasteiger charge is 2.00. The fourth-order valence-electron chi connectivity index (χ4n) is 1.05. The van der Waals surface area contributed by atoms with Crippen LogP contribution in [0.5, 0.6) is 0 Å². The van der Waals surface area contributed by atoms with E-state index in [4.69, 9.17) is 0 Å². The van der Waals surface area contributed by atoms with Gasteiger partial charge < -0.3 is 0 Å². The van der Waals surface area contributed by atoms with Gasteiger partial charge in [0.1, 0.15) is 0 Å². The van der Waals surface area contributed by atoms with Crippen LogP contribution in [0.25, 0.3) is 0 Å². The Labute approximate surface area is 82.2 Å². The minimum Gasteiger partial charge on any atom is -0.0772 e. The topological polar surface area (TPSA) is 0 Å². The van der Waals surface area contributed by atoms with Crippen LogP contribution in [0.1, 0.15) is 20.3 Å². The summed E-state index contributed by atoms with van der Waals surface area (Å²) < 4.78 is 1.34. The molecule has 0 aromatic rings. The van der Waals surface area contributed by atoms with Crippen LogP contribution < -0.4 is 0 Å². The molecule has 0 aliphatic heterocycles. The molecule has 0 aromatic carbocycles. The van der Waals surface area contributed by atoms with Crippen LogP contribution in [-0.2, 0) is 0 Å². The molecule has 1 aliphatic carbocycles. The van der Waals surface area contributed by atoms with Crippen LogP contribution in [0.2, 0.25) is 0 Å². The number of rotatable bonds is 1. The Morgan fingerprint density at radius 2 is 2.00 bits per heavy atom. The van der Waals surface area contributed by atoms with Crippen molar-refractivity contribution in [1.82, 2.24) is 0 Å². The van der Waals surface area contributed by atoms with Gasteiger partial charge in [0.15, 0.2) is 0 Å². The first-order valence-electron chi connectivity index (χ1n) is 3.94. The molecule has 0 nitrogen and oxygen atoms in total. The molecule has 0 saturated carbocycles. The van der Waals surface area contributed by atoms with Crippen LogP contribution in [0.3, 0.4) is 0 Å². The van der Waals surface area contributed by atoms with Crippen molar-refractivity contribution in [3.8, 4) is 0 Å². The molecule has 0 amide bonds. The summed E-state index contributed by atoms with van der Waals surface area (Å²) in [5, 5.41) is 0. The molecule has 0 radical (unpaired) electrons. The summed E-state index contributed by atoms with van der Waals surface area (Å²) >= 11 is 2.36. The van der Waals surface area contributed by atoms with Gasteiger partial charge in [-0.25, -0.2) is 0 Å². The lowest BCUT2D eigenvalue weighted by Gasteiger charge is -2.03. The van der Waals surface area contributed by atoms with Gasteiger partial charge in [0.2, 0.25) is 0 Å². The van der Waals surface area contributed by atoms with E-state index < -0.39 is 0 Å². The van der Waals surface area contributed by atoms with Crippen molar-refractivity contribution < 1.29 is 0 Å². The van der Waals surface area contributed by atoms with Gasteiger partial charge in [-0.2, -0.15) is 0 Å². The normalized spacial score (nSPS) is 17.8. The summed E-state index contributed by atoms with van der Waals surface area (Å²) in [6.45, 7) is 4.46. The van der Waals surface area contributed by atoms with Crippen molar-refractivity contribution in [1.29, 1.82) is 0 Å². The monoisotopic (exact) mass is 260 g/mol. The fraction of sp³-hybridized carbons (Fsp3) is 0.400. The minimum absolute atomic E-state index is 0.655. The second-order valence-corrected chi connectivity index (χ2v) is 4.26. The molecule has 60 valence electrons. The molecule has 1 heteroatoms. The largest absolute Gasteiger partial charge is 0.0772 e. The van der Waals surface area contributed by atoms with Crippen LogP contribution in [-0.4, -0.2) is 0 Å².